The third kappa shape index (κ3) is 18.3. The summed E-state index contributed by atoms with van der Waals surface area (Å²) in [5, 5.41) is 129. The van der Waals surface area contributed by atoms with Gasteiger partial charge in [-0.15, -0.1) is 0 Å². The number of phenols is 3. The predicted octanol–water partition coefficient (Wildman–Crippen LogP) is 0.696. The van der Waals surface area contributed by atoms with Gasteiger partial charge < -0.3 is 138 Å². The van der Waals surface area contributed by atoms with E-state index in [0.717, 1.165) is 18.2 Å². The van der Waals surface area contributed by atoms with Crippen LogP contribution in [0.1, 0.15) is 131 Å². The molecule has 3 saturated heterocycles. The van der Waals surface area contributed by atoms with Gasteiger partial charge in [0.2, 0.25) is 47.5 Å². The lowest BCUT2D eigenvalue weighted by Gasteiger charge is -2.47. The van der Waals surface area contributed by atoms with Crippen molar-refractivity contribution >= 4 is 41.4 Å². The molecule has 34 nitrogen and oxygen atoms in total. The Kier molecular flexibility index (Phi) is 24.7. The van der Waals surface area contributed by atoms with E-state index in [-0.39, 0.29) is 70.1 Å². The fourth-order valence-electron chi connectivity index (χ4n) is 13.7. The Morgan fingerprint density at radius 1 is 0.720 bits per heavy atom. The highest BCUT2D eigenvalue weighted by Gasteiger charge is 2.52. The van der Waals surface area contributed by atoms with Gasteiger partial charge in [0, 0.05) is 53.2 Å². The number of aliphatic hydroxyl groups excluding tert-OH is 6. The maximum Gasteiger partial charge on any atom is 0.330 e. The lowest BCUT2D eigenvalue weighted by atomic mass is 9.86. The molecule has 7 aliphatic heterocycles. The van der Waals surface area contributed by atoms with E-state index in [4.69, 9.17) is 55.1 Å². The molecule has 5 aromatic carbocycles. The van der Waals surface area contributed by atoms with E-state index >= 15 is 9.59 Å². The van der Waals surface area contributed by atoms with Gasteiger partial charge in [-0.05, 0) is 136 Å². The van der Waals surface area contributed by atoms with Crippen molar-refractivity contribution in [2.24, 2.45) is 23.1 Å². The van der Waals surface area contributed by atoms with E-state index in [1.165, 1.54) is 80.7 Å². The van der Waals surface area contributed by atoms with Crippen LogP contribution >= 0.6 is 0 Å². The average Bonchev–Trinajstić information content (AvgIpc) is 0.760. The molecule has 3 fully saturated rings. The fourth-order valence-corrected chi connectivity index (χ4v) is 13.7. The number of carboxylic acids is 1. The Hall–Kier alpha value is -9.37. The number of amides is 6. The molecule has 0 radical (unpaired) electrons. The van der Waals surface area contributed by atoms with E-state index in [1.807, 2.05) is 13.8 Å². The number of primary amides is 1. The molecule has 12 rings (SSSR count). The molecule has 22 N–H and O–H groups in total. The molecule has 7 heterocycles. The summed E-state index contributed by atoms with van der Waals surface area (Å²) in [4.78, 5) is 101. The number of hydrogen-bond donors (Lipinski definition) is 19. The minimum absolute atomic E-state index is 0.0115. The van der Waals surface area contributed by atoms with Crippen LogP contribution in [-0.2, 0) is 63.8 Å². The van der Waals surface area contributed by atoms with Gasteiger partial charge in [0.15, 0.2) is 36.2 Å². The van der Waals surface area contributed by atoms with Gasteiger partial charge in [-0.3, -0.25) is 28.8 Å². The van der Waals surface area contributed by atoms with Gasteiger partial charge in [0.25, 0.3) is 0 Å². The number of benzene rings is 5. The van der Waals surface area contributed by atoms with Crippen molar-refractivity contribution in [3.05, 3.63) is 118 Å². The van der Waals surface area contributed by atoms with Crippen molar-refractivity contribution in [2.45, 2.75) is 208 Å². The number of aromatic hydroxyl groups is 3. The van der Waals surface area contributed by atoms with Crippen molar-refractivity contribution in [2.75, 3.05) is 13.7 Å². The van der Waals surface area contributed by atoms with Crippen LogP contribution in [0.25, 0.3) is 11.1 Å². The number of phenolic OH excluding ortho intramolecular Hbond substituents is 3. The normalized spacial score (nSPS) is 31.1. The first kappa shape index (κ1) is 80.2. The van der Waals surface area contributed by atoms with E-state index in [0.29, 0.717) is 0 Å². The Labute approximate surface area is 614 Å². The van der Waals surface area contributed by atoms with Gasteiger partial charge >= 0.3 is 5.97 Å². The quantitative estimate of drug-likeness (QED) is 0.0686. The number of aliphatic hydroxyl groups is 6. The smallest absolute Gasteiger partial charge is 0.330 e. The Bertz CT molecular complexity index is 4130. The van der Waals surface area contributed by atoms with Crippen LogP contribution in [0.3, 0.4) is 0 Å². The number of aryl methyl sites for hydroxylation is 1. The molecule has 107 heavy (non-hydrogen) atoms. The maximum absolute atomic E-state index is 15.6. The SMILES string of the molecule is CN[C@H](CC(C)C)C(=O)N[C@H]1C(=O)N[C@@H](CC(N)=O)C(=O)N[C@H]2C(=O)NCc3ccc(O)c(c3)-c3c(O)cc(O)cc3[C@@H](C(=O)O)NC(=O)C[C@H](O[C@H]3C[C@](C)(N)[C@@H](O)[C@H](C)O3)c3ccc(c(C)c3)Oc3cc2cc(c3O[C@@H]2O[C@H](CO)[C@@H](O)[C@H](O)[C@H]2O[C@H]2C[C@](C)(N)[C@@H](O)[C@H](C)O2)Oc2ccc(cc2)[C@H]1O. The number of carbonyl (C=O) groups is 7. The second-order valence-electron chi connectivity index (χ2n) is 28.7. The molecule has 7 aliphatic rings. The van der Waals surface area contributed by atoms with Crippen molar-refractivity contribution in [1.29, 1.82) is 0 Å². The second kappa shape index (κ2) is 33.0. The molecule has 0 spiro atoms. The van der Waals surface area contributed by atoms with Crippen molar-refractivity contribution in [1.82, 2.24) is 31.9 Å². The molecule has 580 valence electrons. The fraction of sp³-hybridized carbons (Fsp3) is 0.493. The maximum atomic E-state index is 15.6. The molecule has 6 amide bonds. The number of fused-ring (bicyclic) bond motifs is 16. The number of nitrogens with two attached hydrogens (primary N) is 3. The summed E-state index contributed by atoms with van der Waals surface area (Å²) in [6.45, 7) is 9.97. The molecule has 9 bridgehead atoms. The monoisotopic (exact) mass is 1500 g/mol. The number of carboxylic acid groups (broad SMARTS) is 1. The number of carbonyl (C=O) groups excluding carboxylic acids is 6. The first-order chi connectivity index (χ1) is 50.4. The zero-order chi connectivity index (χ0) is 78.0. The van der Waals surface area contributed by atoms with E-state index < -0.39 is 234 Å². The molecule has 20 atom stereocenters. The summed E-state index contributed by atoms with van der Waals surface area (Å²) in [5.41, 5.74) is 15.3. The van der Waals surface area contributed by atoms with Crippen molar-refractivity contribution in [3.63, 3.8) is 0 Å². The van der Waals surface area contributed by atoms with Crippen LogP contribution in [-0.4, -0.2) is 203 Å². The Morgan fingerprint density at radius 3 is 1.95 bits per heavy atom. The highest BCUT2D eigenvalue weighted by Crippen LogP contribution is 2.49. The summed E-state index contributed by atoms with van der Waals surface area (Å²) in [7, 11) is 1.51. The molecule has 0 unspecified atom stereocenters. The van der Waals surface area contributed by atoms with Crippen molar-refractivity contribution < 1.29 is 123 Å². The number of nitrogens with one attached hydrogen (secondary N) is 6. The average molecular weight is 1500 g/mol. The van der Waals surface area contributed by atoms with Crippen LogP contribution in [0, 0.1) is 12.8 Å². The first-order valence-electron chi connectivity index (χ1n) is 34.8. The van der Waals surface area contributed by atoms with Crippen molar-refractivity contribution in [3.8, 4) is 57.1 Å². The summed E-state index contributed by atoms with van der Waals surface area (Å²) < 4.78 is 51.7. The third-order valence-corrected chi connectivity index (χ3v) is 19.5. The Morgan fingerprint density at radius 2 is 1.36 bits per heavy atom. The topological polar surface area (TPSA) is 546 Å². The van der Waals surface area contributed by atoms with Crippen LogP contribution in [0.15, 0.2) is 84.9 Å². The summed E-state index contributed by atoms with van der Waals surface area (Å²) in [6, 6.07) is 8.57. The van der Waals surface area contributed by atoms with E-state index in [2.05, 4.69) is 31.9 Å². The van der Waals surface area contributed by atoms with Crippen LogP contribution < -0.4 is 63.3 Å². The van der Waals surface area contributed by atoms with Crippen LogP contribution in [0.2, 0.25) is 0 Å². The van der Waals surface area contributed by atoms with Crippen LogP contribution in [0.5, 0.6) is 46.0 Å². The summed E-state index contributed by atoms with van der Waals surface area (Å²) in [6.07, 6.45) is -21.1. The van der Waals surface area contributed by atoms with E-state index in [9.17, 15) is 75.0 Å². The van der Waals surface area contributed by atoms with Gasteiger partial charge in [-0.2, -0.15) is 0 Å². The lowest BCUT2D eigenvalue weighted by molar-refractivity contribution is -0.333. The van der Waals surface area contributed by atoms with Gasteiger partial charge in [0.05, 0.1) is 56.0 Å². The van der Waals surface area contributed by atoms with Gasteiger partial charge in [-0.25, -0.2) is 4.79 Å². The highest BCUT2D eigenvalue weighted by molar-refractivity contribution is 5.98. The largest absolute Gasteiger partial charge is 0.508 e. The number of ether oxygens (including phenoxy) is 8. The number of likely N-dealkylation sites (N-methyl/N-ethyl adjacent to an activating group) is 1. The molecule has 0 saturated carbocycles. The summed E-state index contributed by atoms with van der Waals surface area (Å²) in [5.74, 6) is -11.8. The second-order valence-corrected chi connectivity index (χ2v) is 28.7. The molecule has 5 aromatic rings. The van der Waals surface area contributed by atoms with Gasteiger partial charge in [-0.1, -0.05) is 38.1 Å². The molecular weight excluding hydrogens is 1400 g/mol. The standard InChI is InChI=1S/C73H93N9O25/c1-30(2)17-42(77-8)66(94)82-58-59(89)35-10-13-39(14-11-35)102-48-20-37-21-49(62(48)107-71-63(61(91)60(90)50(29-83)105-71)106-54-27-73(7,76)65(93)33(5)101-54)103-46-16-12-36(18-31(46)3)47(104-53-26-72(6,75)64(92)32(4)100-53)25-52(88)80-57(70(98)99)41-22-38(84)23-45(86)55(41)40-19-34(9-15-44(40)85)28-78-68(96)56(37)81-67(95)43(24-51(74)87)79-69(58)97/h9-16,18-23,30,32-33,42-43,47,50,53-54,56-61,63-65,71,77,83-86,89-93H,17,24-29,75-76H2,1-8H3,(H2,74,87)(H,78,96)(H,79,97)(H,80,88)(H,81,95)(H,82,94)(H,98,99)/t32-,33-,42+,43-,47-,50+,53-,54-,56+,57-,58+,59+,60+,61-,63+,64-,65-,71-,72-,73-/m0/s1. The molecule has 0 aromatic heterocycles. The minimum Gasteiger partial charge on any atom is -0.508 e. The van der Waals surface area contributed by atoms with Crippen LogP contribution in [0.4, 0.5) is 0 Å². The molecule has 0 aliphatic carbocycles. The summed E-state index contributed by atoms with van der Waals surface area (Å²) >= 11 is 0. The third-order valence-electron chi connectivity index (χ3n) is 19.5. The number of hydrogen-bond acceptors (Lipinski definition) is 27. The highest BCUT2D eigenvalue weighted by atomic mass is 16.8. The van der Waals surface area contributed by atoms with Gasteiger partial charge in [0.1, 0.15) is 71.3 Å². The zero-order valence-corrected chi connectivity index (χ0v) is 59.8. The zero-order valence-electron chi connectivity index (χ0n) is 59.8. The molecule has 34 heteroatoms. The number of rotatable bonds is 15. The van der Waals surface area contributed by atoms with E-state index in [1.54, 1.807) is 27.7 Å². The Balaban J connectivity index is 1.21. The minimum atomic E-state index is -2.10. The predicted molar refractivity (Wildman–Crippen MR) is 374 cm³/mol. The first-order valence-corrected chi connectivity index (χ1v) is 34.8. The lowest BCUT2D eigenvalue weighted by Crippen LogP contribution is -2.64. The number of aliphatic carboxylic acids is 1. The molecular formula is C73H93N9O25.